The van der Waals surface area contributed by atoms with Gasteiger partial charge in [-0.1, -0.05) is 28.4 Å². The number of nitrogens with two attached hydrogens (primary N) is 1. The molecule has 2 aromatic carbocycles. The number of aliphatic imine (C=N–C) groups is 1. The largest absolute Gasteiger partial charge is 0.398 e. The number of aliphatic hydroxyl groups is 3. The fraction of sp³-hybridized carbons (Fsp3) is 0.222. The Morgan fingerprint density at radius 2 is 1.89 bits per heavy atom. The average Bonchev–Trinajstić information content (AvgIpc) is 3.64. The number of aromatic nitrogens is 5. The number of nitrogens with zero attached hydrogens (tertiary/aromatic N) is 8. The van der Waals surface area contributed by atoms with Crippen LogP contribution in [0.25, 0.3) is 5.69 Å². The van der Waals surface area contributed by atoms with Crippen molar-refractivity contribution in [2.45, 2.75) is 18.6 Å². The third-order valence-electron chi connectivity index (χ3n) is 6.82. The van der Waals surface area contributed by atoms with Gasteiger partial charge in [0.15, 0.2) is 5.15 Å². The molecule has 1 aliphatic heterocycles. The number of halogens is 2. The van der Waals surface area contributed by atoms with E-state index in [0.717, 1.165) is 11.1 Å². The van der Waals surface area contributed by atoms with Gasteiger partial charge in [-0.05, 0) is 42.5 Å². The number of nitrogens with one attached hydrogen (secondary N) is 1. The van der Waals surface area contributed by atoms with Gasteiger partial charge in [-0.15, -0.1) is 5.10 Å². The summed E-state index contributed by atoms with van der Waals surface area (Å²) in [6, 6.07) is 9.40. The van der Waals surface area contributed by atoms with Crippen molar-refractivity contribution in [3.8, 4) is 5.69 Å². The van der Waals surface area contributed by atoms with Crippen LogP contribution in [0.5, 0.6) is 0 Å². The summed E-state index contributed by atoms with van der Waals surface area (Å²) < 4.78 is 1.79. The Hall–Kier alpha value is -4.87. The lowest BCUT2D eigenvalue weighted by molar-refractivity contribution is -0.381. The number of hydrogen-bond acceptors (Lipinski definition) is 11. The molecule has 234 valence electrons. The van der Waals surface area contributed by atoms with E-state index in [9.17, 15) is 29.7 Å². The molecule has 16 nitrogen and oxygen atoms in total. The number of anilines is 3. The molecule has 0 aliphatic carbocycles. The maximum Gasteiger partial charge on any atom is 0.389 e. The van der Waals surface area contributed by atoms with Gasteiger partial charge >= 0.3 is 6.10 Å². The summed E-state index contributed by atoms with van der Waals surface area (Å²) in [5.74, 6) is -1.80. The van der Waals surface area contributed by atoms with Gasteiger partial charge < -0.3 is 31.3 Å². The molecule has 0 bridgehead atoms. The molecule has 3 amide bonds. The maximum absolute atomic E-state index is 13.7. The van der Waals surface area contributed by atoms with E-state index in [2.05, 4.69) is 25.7 Å². The van der Waals surface area contributed by atoms with Crippen LogP contribution in [0.1, 0.15) is 11.3 Å². The van der Waals surface area contributed by atoms with Gasteiger partial charge in [0, 0.05) is 47.8 Å². The van der Waals surface area contributed by atoms with Crippen molar-refractivity contribution in [3.63, 3.8) is 0 Å². The van der Waals surface area contributed by atoms with Crippen molar-refractivity contribution in [2.75, 3.05) is 36.1 Å². The lowest BCUT2D eigenvalue weighted by Crippen LogP contribution is -2.60. The summed E-state index contributed by atoms with van der Waals surface area (Å²) >= 11 is 12.2. The van der Waals surface area contributed by atoms with Crippen molar-refractivity contribution < 1.29 is 29.7 Å². The van der Waals surface area contributed by atoms with Gasteiger partial charge in [-0.25, -0.2) is 4.68 Å². The van der Waals surface area contributed by atoms with Crippen LogP contribution in [0, 0.1) is 0 Å². The highest BCUT2D eigenvalue weighted by Crippen LogP contribution is 2.30. The van der Waals surface area contributed by atoms with E-state index >= 15 is 0 Å². The fourth-order valence-electron chi connectivity index (χ4n) is 4.71. The minimum absolute atomic E-state index is 0.107. The molecule has 0 spiro atoms. The Kier molecular flexibility index (Phi) is 8.85. The number of amides is 3. The molecule has 5 rings (SSSR count). The smallest absolute Gasteiger partial charge is 0.389 e. The number of carbonyl (C=O) groups is 3. The number of nitrogen functional groups attached to an aromatic ring is 1. The van der Waals surface area contributed by atoms with Gasteiger partial charge in [0.25, 0.3) is 0 Å². The summed E-state index contributed by atoms with van der Waals surface area (Å²) in [6.07, 6.45) is 0.455. The van der Waals surface area contributed by atoms with Gasteiger partial charge in [0.2, 0.25) is 17.7 Å². The molecule has 4 aromatic rings. The molecule has 1 fully saturated rings. The van der Waals surface area contributed by atoms with E-state index in [1.165, 1.54) is 34.1 Å². The van der Waals surface area contributed by atoms with Crippen LogP contribution in [0.15, 0.2) is 59.9 Å². The minimum atomic E-state index is -3.29. The quantitative estimate of drug-likeness (QED) is 0.0947. The number of benzene rings is 2. The molecule has 1 aliphatic rings. The summed E-state index contributed by atoms with van der Waals surface area (Å²) in [6.45, 7) is -0.972. The average molecular weight is 657 g/mol. The van der Waals surface area contributed by atoms with Gasteiger partial charge in [-0.3, -0.25) is 24.3 Å². The van der Waals surface area contributed by atoms with Crippen molar-refractivity contribution in [1.29, 1.82) is 0 Å². The predicted octanol–water partition coefficient (Wildman–Crippen LogP) is 0.371. The van der Waals surface area contributed by atoms with Crippen LogP contribution in [-0.4, -0.2) is 95.1 Å². The third kappa shape index (κ3) is 6.95. The molecule has 1 saturated heterocycles. The van der Waals surface area contributed by atoms with Crippen LogP contribution < -0.4 is 16.0 Å². The standard InChI is InChI=1S/C27H26Cl2N10O6/c1-31-11-15-8-17(3-4-19(15)30)32-26(42)22(10-18-6-7-39(34-18)27(43,44)45)37-14-24(40)36(13-25(37)41)21-9-16(28)2-5-20(21)38-12-23(29)33-35-38/h2-9,11-12,22,43-45H,10,13-14,30H2,1H3,(H,32,42). The molecular weight excluding hydrogens is 631 g/mol. The zero-order chi connectivity index (χ0) is 32.5. The maximum atomic E-state index is 13.7. The monoisotopic (exact) mass is 656 g/mol. The Bertz CT molecular complexity index is 1800. The summed E-state index contributed by atoms with van der Waals surface area (Å²) in [5, 5.41) is 43.2. The summed E-state index contributed by atoms with van der Waals surface area (Å²) in [5.41, 5.74) is 8.04. The fourth-order valence-corrected chi connectivity index (χ4v) is 5.01. The van der Waals surface area contributed by atoms with Crippen LogP contribution in [0.3, 0.4) is 0 Å². The number of piperazine rings is 1. The molecule has 1 unspecified atom stereocenters. The lowest BCUT2D eigenvalue weighted by Gasteiger charge is -2.38. The van der Waals surface area contributed by atoms with E-state index in [-0.39, 0.29) is 23.0 Å². The van der Waals surface area contributed by atoms with Crippen molar-refractivity contribution in [1.82, 2.24) is 29.7 Å². The van der Waals surface area contributed by atoms with E-state index < -0.39 is 42.9 Å². The van der Waals surface area contributed by atoms with Gasteiger partial charge in [-0.2, -0.15) is 9.78 Å². The molecule has 2 aromatic heterocycles. The molecule has 6 N–H and O–H groups in total. The Morgan fingerprint density at radius 1 is 1.11 bits per heavy atom. The van der Waals surface area contributed by atoms with Gasteiger partial charge in [0.05, 0.1) is 23.3 Å². The second-order valence-electron chi connectivity index (χ2n) is 9.91. The third-order valence-corrected chi connectivity index (χ3v) is 7.22. The Morgan fingerprint density at radius 3 is 2.56 bits per heavy atom. The van der Waals surface area contributed by atoms with Crippen LogP contribution in [-0.2, 0) is 26.9 Å². The highest BCUT2D eigenvalue weighted by atomic mass is 35.5. The minimum Gasteiger partial charge on any atom is -0.398 e. The van der Waals surface area contributed by atoms with Crippen molar-refractivity contribution >= 4 is 64.2 Å². The van der Waals surface area contributed by atoms with Gasteiger partial charge in [0.1, 0.15) is 19.1 Å². The highest BCUT2D eigenvalue weighted by Gasteiger charge is 2.39. The van der Waals surface area contributed by atoms with Crippen molar-refractivity contribution in [2.24, 2.45) is 4.99 Å². The normalized spacial score (nSPS) is 14.8. The van der Waals surface area contributed by atoms with Crippen LogP contribution >= 0.6 is 23.2 Å². The number of hydrogen-bond donors (Lipinski definition) is 5. The zero-order valence-electron chi connectivity index (χ0n) is 23.4. The van der Waals surface area contributed by atoms with E-state index in [0.29, 0.717) is 32.3 Å². The lowest BCUT2D eigenvalue weighted by atomic mass is 10.1. The second-order valence-corrected chi connectivity index (χ2v) is 10.7. The topological polar surface area (TPSA) is 217 Å². The van der Waals surface area contributed by atoms with Crippen LogP contribution in [0.4, 0.5) is 17.1 Å². The summed E-state index contributed by atoms with van der Waals surface area (Å²) in [7, 11) is 1.56. The molecule has 0 radical (unpaired) electrons. The number of rotatable bonds is 9. The first-order valence-corrected chi connectivity index (χ1v) is 13.9. The molecule has 0 saturated carbocycles. The molecule has 45 heavy (non-hydrogen) atoms. The Balaban J connectivity index is 1.46. The van der Waals surface area contributed by atoms with Crippen LogP contribution in [0.2, 0.25) is 10.2 Å². The second kappa shape index (κ2) is 12.6. The number of carbonyl (C=O) groups excluding carboxylic acids is 3. The first-order chi connectivity index (χ1) is 21.3. The predicted molar refractivity (Wildman–Crippen MR) is 163 cm³/mol. The van der Waals surface area contributed by atoms with Crippen molar-refractivity contribution in [3.05, 3.63) is 76.3 Å². The van der Waals surface area contributed by atoms with E-state index in [4.69, 9.17) is 28.9 Å². The molecular formula is C27H26Cl2N10O6. The molecule has 1 atom stereocenters. The van der Waals surface area contributed by atoms with E-state index in [1.807, 2.05) is 0 Å². The van der Waals surface area contributed by atoms with E-state index in [1.54, 1.807) is 37.4 Å². The first-order valence-electron chi connectivity index (χ1n) is 13.2. The highest BCUT2D eigenvalue weighted by molar-refractivity contribution is 6.31. The molecule has 18 heteroatoms. The first kappa shape index (κ1) is 31.6. The SMILES string of the molecule is CN=Cc1cc(NC(=O)C(Cc2ccn(C(O)(O)O)n2)N2CC(=O)N(c3cc(Cl)ccc3-n3cc(Cl)nn3)CC2=O)ccc1N. The summed E-state index contributed by atoms with van der Waals surface area (Å²) in [4.78, 5) is 47.3. The molecule has 3 heterocycles. The Labute approximate surface area is 264 Å². The zero-order valence-corrected chi connectivity index (χ0v) is 25.0.